The maximum Gasteiger partial charge on any atom is 0.171 e. The molecule has 25 heavy (non-hydrogen) atoms. The first kappa shape index (κ1) is 17.6. The predicted octanol–water partition coefficient (Wildman–Crippen LogP) is 4.61. The molecule has 1 heterocycles. The minimum absolute atomic E-state index is 0.0811. The molecule has 2 N–H and O–H groups in total. The molecule has 2 aromatic carbocycles. The van der Waals surface area contributed by atoms with E-state index >= 15 is 0 Å². The standard InChI is InChI=1S/C19H21F2N3S/c1-13(14-7-9-15(10-8-14)24-11-2-3-12-24)22-19(25)23-18-16(20)5-4-6-17(18)21/h4-10,13H,2-3,11-12H2,1H3,(H2,22,23,25)/t13-/m1/s1. The van der Waals surface area contributed by atoms with Crippen LogP contribution in [0.3, 0.4) is 0 Å². The molecule has 1 fully saturated rings. The van der Waals surface area contributed by atoms with Gasteiger partial charge in [0.15, 0.2) is 5.11 Å². The highest BCUT2D eigenvalue weighted by Gasteiger charge is 2.14. The molecule has 0 amide bonds. The van der Waals surface area contributed by atoms with Crippen molar-refractivity contribution in [1.29, 1.82) is 0 Å². The second-order valence-corrected chi connectivity index (χ2v) is 6.61. The van der Waals surface area contributed by atoms with Crippen LogP contribution in [0.15, 0.2) is 42.5 Å². The summed E-state index contributed by atoms with van der Waals surface area (Å²) in [6.45, 7) is 4.17. The number of para-hydroxylation sites is 1. The van der Waals surface area contributed by atoms with Crippen LogP contribution < -0.4 is 15.5 Å². The summed E-state index contributed by atoms with van der Waals surface area (Å²) >= 11 is 5.18. The van der Waals surface area contributed by atoms with Crippen molar-refractivity contribution in [3.63, 3.8) is 0 Å². The average molecular weight is 361 g/mol. The fourth-order valence-corrected chi connectivity index (χ4v) is 3.27. The minimum atomic E-state index is -0.674. The zero-order chi connectivity index (χ0) is 17.8. The molecule has 2 aromatic rings. The van der Waals surface area contributed by atoms with E-state index in [-0.39, 0.29) is 16.8 Å². The smallest absolute Gasteiger partial charge is 0.171 e. The zero-order valence-electron chi connectivity index (χ0n) is 14.1. The first-order valence-electron chi connectivity index (χ1n) is 8.41. The normalized spacial score (nSPS) is 15.1. The summed E-state index contributed by atoms with van der Waals surface area (Å²) in [5.74, 6) is -1.35. The molecule has 1 saturated heterocycles. The van der Waals surface area contributed by atoms with Gasteiger partial charge in [0.2, 0.25) is 0 Å². The maximum atomic E-state index is 13.7. The van der Waals surface area contributed by atoms with Gasteiger partial charge < -0.3 is 15.5 Å². The van der Waals surface area contributed by atoms with Gasteiger partial charge in [-0.3, -0.25) is 0 Å². The molecule has 0 bridgehead atoms. The van der Waals surface area contributed by atoms with E-state index in [1.807, 2.05) is 6.92 Å². The molecule has 0 unspecified atom stereocenters. The Morgan fingerprint density at radius 2 is 1.64 bits per heavy atom. The van der Waals surface area contributed by atoms with Crippen LogP contribution in [0.2, 0.25) is 0 Å². The Bertz CT molecular complexity index is 723. The van der Waals surface area contributed by atoms with Gasteiger partial charge in [-0.15, -0.1) is 0 Å². The van der Waals surface area contributed by atoms with Gasteiger partial charge in [-0.1, -0.05) is 18.2 Å². The number of anilines is 2. The molecule has 6 heteroatoms. The molecule has 3 nitrogen and oxygen atoms in total. The lowest BCUT2D eigenvalue weighted by atomic mass is 10.1. The molecule has 0 aliphatic carbocycles. The van der Waals surface area contributed by atoms with Gasteiger partial charge in [0, 0.05) is 18.8 Å². The van der Waals surface area contributed by atoms with E-state index in [9.17, 15) is 8.78 Å². The largest absolute Gasteiger partial charge is 0.372 e. The molecule has 0 spiro atoms. The summed E-state index contributed by atoms with van der Waals surface area (Å²) in [5, 5.41) is 5.84. The van der Waals surface area contributed by atoms with Crippen molar-refractivity contribution in [3.8, 4) is 0 Å². The Morgan fingerprint density at radius 3 is 2.24 bits per heavy atom. The van der Waals surface area contributed by atoms with Crippen LogP contribution in [0, 0.1) is 11.6 Å². The van der Waals surface area contributed by atoms with Crippen molar-refractivity contribution in [2.24, 2.45) is 0 Å². The predicted molar refractivity (Wildman–Crippen MR) is 102 cm³/mol. The van der Waals surface area contributed by atoms with Crippen molar-refractivity contribution < 1.29 is 8.78 Å². The molecule has 1 aliphatic heterocycles. The fraction of sp³-hybridized carbons (Fsp3) is 0.316. The Kier molecular flexibility index (Phi) is 5.48. The van der Waals surface area contributed by atoms with Gasteiger partial charge >= 0.3 is 0 Å². The quantitative estimate of drug-likeness (QED) is 0.778. The van der Waals surface area contributed by atoms with E-state index in [2.05, 4.69) is 39.8 Å². The van der Waals surface area contributed by atoms with Crippen molar-refractivity contribution in [3.05, 3.63) is 59.7 Å². The van der Waals surface area contributed by atoms with Crippen LogP contribution in [0.5, 0.6) is 0 Å². The number of thiocarbonyl (C=S) groups is 1. The lowest BCUT2D eigenvalue weighted by Crippen LogP contribution is -2.31. The van der Waals surface area contributed by atoms with Crippen molar-refractivity contribution in [2.75, 3.05) is 23.3 Å². The first-order chi connectivity index (χ1) is 12.0. The molecule has 1 aliphatic rings. The van der Waals surface area contributed by atoms with Gasteiger partial charge in [-0.2, -0.15) is 0 Å². The topological polar surface area (TPSA) is 27.3 Å². The summed E-state index contributed by atoms with van der Waals surface area (Å²) in [6, 6.07) is 11.9. The second kappa shape index (κ2) is 7.78. The number of halogens is 2. The third-order valence-corrected chi connectivity index (χ3v) is 4.63. The van der Waals surface area contributed by atoms with Crippen LogP contribution in [0.25, 0.3) is 0 Å². The molecule has 0 aromatic heterocycles. The molecule has 132 valence electrons. The van der Waals surface area contributed by atoms with Crippen LogP contribution in [-0.2, 0) is 0 Å². The van der Waals surface area contributed by atoms with Crippen molar-refractivity contribution in [1.82, 2.24) is 5.32 Å². The van der Waals surface area contributed by atoms with Gasteiger partial charge in [0.25, 0.3) is 0 Å². The third-order valence-electron chi connectivity index (χ3n) is 4.41. The SMILES string of the molecule is C[C@@H](NC(=S)Nc1c(F)cccc1F)c1ccc(N2CCCC2)cc1. The first-order valence-corrected chi connectivity index (χ1v) is 8.82. The number of benzene rings is 2. The number of rotatable bonds is 4. The van der Waals surface area contributed by atoms with Crippen molar-refractivity contribution >= 4 is 28.7 Å². The minimum Gasteiger partial charge on any atom is -0.372 e. The van der Waals surface area contributed by atoms with Gasteiger partial charge in [-0.25, -0.2) is 8.78 Å². The molecule has 1 atom stereocenters. The summed E-state index contributed by atoms with van der Waals surface area (Å²) in [6.07, 6.45) is 2.48. The van der Waals surface area contributed by atoms with E-state index in [0.717, 1.165) is 18.7 Å². The van der Waals surface area contributed by atoms with Crippen LogP contribution in [-0.4, -0.2) is 18.2 Å². The number of nitrogens with zero attached hydrogens (tertiary/aromatic N) is 1. The van der Waals surface area contributed by atoms with E-state index in [4.69, 9.17) is 12.2 Å². The molecular weight excluding hydrogens is 340 g/mol. The number of nitrogens with one attached hydrogen (secondary N) is 2. The lowest BCUT2D eigenvalue weighted by molar-refractivity contribution is 0.590. The lowest BCUT2D eigenvalue weighted by Gasteiger charge is -2.20. The number of hydrogen-bond donors (Lipinski definition) is 2. The Balaban J connectivity index is 1.61. The molecular formula is C19H21F2N3S. The average Bonchev–Trinajstić information content (AvgIpc) is 3.13. The second-order valence-electron chi connectivity index (χ2n) is 6.20. The summed E-state index contributed by atoms with van der Waals surface area (Å²) in [4.78, 5) is 2.37. The van der Waals surface area contributed by atoms with Gasteiger partial charge in [-0.05, 0) is 61.8 Å². The molecule has 3 rings (SSSR count). The summed E-state index contributed by atoms with van der Waals surface area (Å²) in [5.41, 5.74) is 2.04. The van der Waals surface area contributed by atoms with Crippen LogP contribution >= 0.6 is 12.2 Å². The van der Waals surface area contributed by atoms with E-state index in [0.29, 0.717) is 0 Å². The van der Waals surface area contributed by atoms with Crippen LogP contribution in [0.4, 0.5) is 20.2 Å². The highest BCUT2D eigenvalue weighted by atomic mass is 32.1. The zero-order valence-corrected chi connectivity index (χ0v) is 14.9. The maximum absolute atomic E-state index is 13.7. The highest BCUT2D eigenvalue weighted by molar-refractivity contribution is 7.80. The van der Waals surface area contributed by atoms with Crippen LogP contribution in [0.1, 0.15) is 31.4 Å². The Hall–Kier alpha value is -2.21. The molecule has 0 radical (unpaired) electrons. The van der Waals surface area contributed by atoms with Gasteiger partial charge in [0.05, 0.1) is 6.04 Å². The Labute approximate surface area is 152 Å². The van der Waals surface area contributed by atoms with Crippen molar-refractivity contribution in [2.45, 2.75) is 25.8 Å². The van der Waals surface area contributed by atoms with E-state index < -0.39 is 11.6 Å². The molecule has 0 saturated carbocycles. The monoisotopic (exact) mass is 361 g/mol. The summed E-state index contributed by atoms with van der Waals surface area (Å²) in [7, 11) is 0. The highest BCUT2D eigenvalue weighted by Crippen LogP contribution is 2.23. The van der Waals surface area contributed by atoms with Gasteiger partial charge in [0.1, 0.15) is 17.3 Å². The summed E-state index contributed by atoms with van der Waals surface area (Å²) < 4.78 is 27.3. The number of hydrogen-bond acceptors (Lipinski definition) is 2. The Morgan fingerprint density at radius 1 is 1.04 bits per heavy atom. The van der Waals surface area contributed by atoms with E-state index in [1.165, 1.54) is 36.7 Å². The fourth-order valence-electron chi connectivity index (χ4n) is 3.00. The third kappa shape index (κ3) is 4.25. The van der Waals surface area contributed by atoms with E-state index in [1.54, 1.807) is 0 Å².